The predicted octanol–water partition coefficient (Wildman–Crippen LogP) is 1.03. The lowest BCUT2D eigenvalue weighted by Crippen LogP contribution is -2.46. The molecule has 0 atom stereocenters. The van der Waals surface area contributed by atoms with Crippen molar-refractivity contribution in [1.82, 2.24) is 19.9 Å². The summed E-state index contributed by atoms with van der Waals surface area (Å²) in [6.45, 7) is 7.96. The zero-order chi connectivity index (χ0) is 18.6. The third-order valence-electron chi connectivity index (χ3n) is 3.49. The van der Waals surface area contributed by atoms with Crippen LogP contribution in [0.15, 0.2) is 28.1 Å². The summed E-state index contributed by atoms with van der Waals surface area (Å²) in [5.41, 5.74) is 0.604. The normalized spacial score (nSPS) is 13.8. The van der Waals surface area contributed by atoms with Crippen molar-refractivity contribution in [2.45, 2.75) is 39.5 Å². The van der Waals surface area contributed by atoms with E-state index in [0.29, 0.717) is 12.1 Å². The van der Waals surface area contributed by atoms with E-state index in [1.54, 1.807) is 24.6 Å². The molecule has 25 heavy (non-hydrogen) atoms. The van der Waals surface area contributed by atoms with Gasteiger partial charge in [-0.1, -0.05) is 45.1 Å². The lowest BCUT2D eigenvalue weighted by atomic mass is 9.90. The maximum atomic E-state index is 12.3. The van der Waals surface area contributed by atoms with Crippen molar-refractivity contribution in [2.24, 2.45) is 0 Å². The molecule has 2 aromatic heterocycles. The molecule has 0 fully saturated rings. The molecule has 2 aromatic rings. The van der Waals surface area contributed by atoms with Gasteiger partial charge in [-0.3, -0.25) is 9.59 Å². The lowest BCUT2D eigenvalue weighted by molar-refractivity contribution is 0.571. The topological polar surface area (TPSA) is 94.4 Å². The predicted molar refractivity (Wildman–Crippen MR) is 104 cm³/mol. The molecule has 0 spiro atoms. The van der Waals surface area contributed by atoms with Gasteiger partial charge in [-0.05, 0) is 30.4 Å². The van der Waals surface area contributed by atoms with Crippen LogP contribution in [0.1, 0.15) is 45.5 Å². The van der Waals surface area contributed by atoms with Gasteiger partial charge < -0.3 is 15.0 Å². The zero-order valence-electron chi connectivity index (χ0n) is 14.8. The number of hydrogen-bond donors (Lipinski definition) is 3. The Hall–Kier alpha value is -2.54. The van der Waals surface area contributed by atoms with Crippen molar-refractivity contribution in [1.29, 1.82) is 0 Å². The molecule has 2 rings (SSSR count). The van der Waals surface area contributed by atoms with E-state index < -0.39 is 0 Å². The lowest BCUT2D eigenvalue weighted by Gasteiger charge is -2.16. The smallest absolute Gasteiger partial charge is 0.272 e. The van der Waals surface area contributed by atoms with Crippen molar-refractivity contribution < 1.29 is 0 Å². The first-order chi connectivity index (χ1) is 11.7. The number of nitrogens with one attached hydrogen (secondary N) is 3. The Morgan fingerprint density at radius 1 is 1.20 bits per heavy atom. The molecular formula is C18H22N4O2S. The Labute approximate surface area is 150 Å². The second-order valence-electron chi connectivity index (χ2n) is 6.79. The molecule has 3 N–H and O–H groups in total. The molecule has 0 radical (unpaired) electrons. The number of aromatic nitrogens is 4. The Kier molecular flexibility index (Phi) is 5.69. The van der Waals surface area contributed by atoms with Crippen molar-refractivity contribution in [3.63, 3.8) is 0 Å². The summed E-state index contributed by atoms with van der Waals surface area (Å²) in [5, 5.41) is 0.358. The number of rotatable bonds is 4. The number of thiocarbonyl (C=S) groups is 1. The van der Waals surface area contributed by atoms with Crippen molar-refractivity contribution in [3.8, 4) is 0 Å². The molecule has 132 valence electrons. The van der Waals surface area contributed by atoms with E-state index in [2.05, 4.69) is 19.9 Å². The highest BCUT2D eigenvalue weighted by atomic mass is 32.1. The summed E-state index contributed by atoms with van der Waals surface area (Å²) in [6.07, 6.45) is 8.88. The van der Waals surface area contributed by atoms with E-state index in [0.717, 1.165) is 10.6 Å². The molecule has 2 heterocycles. The first-order valence-electron chi connectivity index (χ1n) is 7.93. The van der Waals surface area contributed by atoms with E-state index in [1.807, 2.05) is 33.8 Å². The first-order valence-corrected chi connectivity index (χ1v) is 8.34. The molecule has 6 nitrogen and oxygen atoms in total. The van der Waals surface area contributed by atoms with Crippen LogP contribution in [-0.4, -0.2) is 24.8 Å². The van der Waals surface area contributed by atoms with E-state index >= 15 is 0 Å². The van der Waals surface area contributed by atoms with Crippen LogP contribution in [0.25, 0.3) is 12.2 Å². The standard InChI is InChI=1S/C18H22N4O2S/c1-11(25)7-5-6-8-12-16(23)22-14(17(24)21-12)9-13-15(18(2,3)4)20-10-19-13/h5-6,8-10H,7H2,1-4H3,(H,19,20)(H,21,24)(H,22,23). The summed E-state index contributed by atoms with van der Waals surface area (Å²) >= 11 is 4.98. The fraction of sp³-hybridized carbons (Fsp3) is 0.333. The third kappa shape index (κ3) is 4.96. The van der Waals surface area contributed by atoms with Crippen molar-refractivity contribution >= 4 is 29.2 Å². The second-order valence-corrected chi connectivity index (χ2v) is 7.49. The zero-order valence-corrected chi connectivity index (χ0v) is 15.6. The Balaban J connectivity index is 2.48. The van der Waals surface area contributed by atoms with Crippen LogP contribution >= 0.6 is 12.2 Å². The first kappa shape index (κ1) is 18.8. The van der Waals surface area contributed by atoms with E-state index in [4.69, 9.17) is 12.2 Å². The van der Waals surface area contributed by atoms with Crippen LogP contribution in [0.4, 0.5) is 0 Å². The van der Waals surface area contributed by atoms with E-state index in [-0.39, 0.29) is 27.2 Å². The maximum absolute atomic E-state index is 12.3. The number of nitrogens with zero attached hydrogens (tertiary/aromatic N) is 1. The molecule has 0 saturated carbocycles. The fourth-order valence-electron chi connectivity index (χ4n) is 2.26. The Bertz CT molecular complexity index is 1030. The molecular weight excluding hydrogens is 336 g/mol. The third-order valence-corrected chi connectivity index (χ3v) is 3.66. The molecule has 0 aromatic carbocycles. The highest BCUT2D eigenvalue weighted by Crippen LogP contribution is 2.22. The van der Waals surface area contributed by atoms with Gasteiger partial charge in [0.25, 0.3) is 11.1 Å². The van der Waals surface area contributed by atoms with Gasteiger partial charge in [-0.25, -0.2) is 4.98 Å². The summed E-state index contributed by atoms with van der Waals surface area (Å²) in [5.74, 6) is 0. The van der Waals surface area contributed by atoms with Gasteiger partial charge in [-0.15, -0.1) is 0 Å². The number of hydrogen-bond acceptors (Lipinski definition) is 4. The summed E-state index contributed by atoms with van der Waals surface area (Å²) < 4.78 is 0. The van der Waals surface area contributed by atoms with Gasteiger partial charge in [-0.2, -0.15) is 0 Å². The van der Waals surface area contributed by atoms with E-state index in [9.17, 15) is 9.59 Å². The average Bonchev–Trinajstić information content (AvgIpc) is 2.96. The quantitative estimate of drug-likeness (QED) is 0.712. The molecule has 0 amide bonds. The summed E-state index contributed by atoms with van der Waals surface area (Å²) in [7, 11) is 0. The summed E-state index contributed by atoms with van der Waals surface area (Å²) in [6, 6.07) is 0. The highest BCUT2D eigenvalue weighted by Gasteiger charge is 2.19. The molecule has 0 aliphatic heterocycles. The van der Waals surface area contributed by atoms with E-state index in [1.165, 1.54) is 0 Å². The molecule has 0 aliphatic rings. The van der Waals surface area contributed by atoms with Crippen LogP contribution in [0.2, 0.25) is 0 Å². The van der Waals surface area contributed by atoms with Gasteiger partial charge in [0.2, 0.25) is 0 Å². The average molecular weight is 358 g/mol. The number of aromatic amines is 3. The number of imidazole rings is 1. The van der Waals surface area contributed by atoms with Crippen molar-refractivity contribution in [3.05, 3.63) is 61.3 Å². The highest BCUT2D eigenvalue weighted by molar-refractivity contribution is 7.80. The molecule has 0 saturated heterocycles. The van der Waals surface area contributed by atoms with Gasteiger partial charge in [0, 0.05) is 11.1 Å². The van der Waals surface area contributed by atoms with Gasteiger partial charge >= 0.3 is 0 Å². The Morgan fingerprint density at radius 2 is 1.84 bits per heavy atom. The SMILES string of the molecule is CC(=S)CC=CC=c1[nH]c(=O)c(=Cc2nc[nH]c2C(C)(C)C)[nH]c1=O. The minimum Gasteiger partial charge on any atom is -0.348 e. The van der Waals surface area contributed by atoms with Gasteiger partial charge in [0.1, 0.15) is 10.7 Å². The van der Waals surface area contributed by atoms with Gasteiger partial charge in [0.15, 0.2) is 0 Å². The Morgan fingerprint density at radius 3 is 2.48 bits per heavy atom. The van der Waals surface area contributed by atoms with Crippen LogP contribution in [0.3, 0.4) is 0 Å². The molecule has 0 bridgehead atoms. The maximum Gasteiger partial charge on any atom is 0.272 e. The summed E-state index contributed by atoms with van der Waals surface area (Å²) in [4.78, 5) is 37.8. The van der Waals surface area contributed by atoms with Crippen LogP contribution in [0.5, 0.6) is 0 Å². The largest absolute Gasteiger partial charge is 0.348 e. The van der Waals surface area contributed by atoms with Crippen molar-refractivity contribution in [2.75, 3.05) is 0 Å². The van der Waals surface area contributed by atoms with Crippen LogP contribution in [-0.2, 0) is 5.41 Å². The van der Waals surface area contributed by atoms with Crippen LogP contribution in [0, 0.1) is 0 Å². The second kappa shape index (κ2) is 7.57. The minimum atomic E-state index is -0.381. The minimum absolute atomic E-state index is 0.159. The fourth-order valence-corrected chi connectivity index (χ4v) is 2.36. The van der Waals surface area contributed by atoms with Crippen LogP contribution < -0.4 is 21.8 Å². The molecule has 0 aliphatic carbocycles. The molecule has 0 unspecified atom stereocenters. The molecule has 7 heteroatoms. The monoisotopic (exact) mass is 358 g/mol. The number of H-pyrrole nitrogens is 3. The number of allylic oxidation sites excluding steroid dienone is 2. The van der Waals surface area contributed by atoms with Gasteiger partial charge in [0.05, 0.1) is 12.0 Å².